The van der Waals surface area contributed by atoms with Gasteiger partial charge in [0.25, 0.3) is 6.43 Å². The predicted molar refractivity (Wildman–Crippen MR) is 121 cm³/mol. The lowest BCUT2D eigenvalue weighted by Gasteiger charge is -2.37. The van der Waals surface area contributed by atoms with Crippen molar-refractivity contribution in [3.05, 3.63) is 53.3 Å². The number of hydrogen-bond acceptors (Lipinski definition) is 8. The Hall–Kier alpha value is -3.67. The van der Waals surface area contributed by atoms with E-state index in [1.54, 1.807) is 35.9 Å². The van der Waals surface area contributed by atoms with Crippen molar-refractivity contribution in [1.82, 2.24) is 30.1 Å². The van der Waals surface area contributed by atoms with Gasteiger partial charge in [0, 0.05) is 31.3 Å². The van der Waals surface area contributed by atoms with Crippen LogP contribution in [0.25, 0.3) is 5.69 Å². The molecule has 4 heterocycles. The second-order valence-electron chi connectivity index (χ2n) is 8.47. The summed E-state index contributed by atoms with van der Waals surface area (Å²) >= 11 is 0. The van der Waals surface area contributed by atoms with E-state index < -0.39 is 6.43 Å². The number of ether oxygens (including phenoxy) is 2. The Kier molecular flexibility index (Phi) is 6.53. The topological polar surface area (TPSA) is 98.5 Å². The molecule has 2 saturated heterocycles. The highest BCUT2D eigenvalue weighted by Gasteiger charge is 2.32. The summed E-state index contributed by atoms with van der Waals surface area (Å²) in [4.78, 5) is 16.4. The lowest BCUT2D eigenvalue weighted by atomic mass is 10.2. The van der Waals surface area contributed by atoms with Gasteiger partial charge < -0.3 is 19.3 Å². The molecule has 0 aliphatic carbocycles. The van der Waals surface area contributed by atoms with Crippen LogP contribution in [0.3, 0.4) is 0 Å². The van der Waals surface area contributed by atoms with Crippen LogP contribution in [0.5, 0.6) is 5.88 Å². The van der Waals surface area contributed by atoms with Crippen LogP contribution < -0.4 is 9.64 Å². The summed E-state index contributed by atoms with van der Waals surface area (Å²) in [6.07, 6.45) is -1.65. The minimum atomic E-state index is -2.53. The zero-order valence-electron chi connectivity index (χ0n) is 19.2. The van der Waals surface area contributed by atoms with Crippen molar-refractivity contribution in [2.45, 2.75) is 32.4 Å². The van der Waals surface area contributed by atoms with Crippen LogP contribution in [0.4, 0.5) is 14.6 Å². The van der Waals surface area contributed by atoms with Crippen molar-refractivity contribution < 1.29 is 23.0 Å². The third-order valence-corrected chi connectivity index (χ3v) is 6.26. The summed E-state index contributed by atoms with van der Waals surface area (Å²) < 4.78 is 38.4. The summed E-state index contributed by atoms with van der Waals surface area (Å²) in [7, 11) is 0. The standard InChI is InChI=1S/C23H25F2N7O3/c1-15-19(32(29-26-15)17-4-2-16(3-5-17)23(24)25)14-35-21-7-6-20(27-28-21)30-9-10-31(22(33)12-30)18-8-11-34-13-18/h2-7,18,23H,8-14H2,1H3. The fourth-order valence-electron chi connectivity index (χ4n) is 4.25. The number of piperazine rings is 1. The monoisotopic (exact) mass is 485 g/mol. The number of benzene rings is 1. The van der Waals surface area contributed by atoms with Crippen molar-refractivity contribution in [3.8, 4) is 11.6 Å². The number of carbonyl (C=O) groups excluding carboxylic acids is 1. The van der Waals surface area contributed by atoms with Gasteiger partial charge in [-0.1, -0.05) is 17.3 Å². The van der Waals surface area contributed by atoms with E-state index in [4.69, 9.17) is 9.47 Å². The fourth-order valence-corrected chi connectivity index (χ4v) is 4.25. The predicted octanol–water partition coefficient (Wildman–Crippen LogP) is 2.32. The molecule has 2 aromatic heterocycles. The number of aromatic nitrogens is 5. The van der Waals surface area contributed by atoms with E-state index in [0.29, 0.717) is 55.1 Å². The quantitative estimate of drug-likeness (QED) is 0.503. The molecule has 0 radical (unpaired) electrons. The first-order valence-corrected chi connectivity index (χ1v) is 11.4. The molecule has 35 heavy (non-hydrogen) atoms. The number of halogens is 2. The van der Waals surface area contributed by atoms with Crippen molar-refractivity contribution >= 4 is 11.7 Å². The zero-order valence-corrected chi connectivity index (χ0v) is 19.2. The molecule has 12 heteroatoms. The molecule has 2 aliphatic rings. The third-order valence-electron chi connectivity index (χ3n) is 6.26. The van der Waals surface area contributed by atoms with Gasteiger partial charge >= 0.3 is 0 Å². The molecule has 0 bridgehead atoms. The minimum absolute atomic E-state index is 0.0607. The lowest BCUT2D eigenvalue weighted by Crippen LogP contribution is -2.54. The van der Waals surface area contributed by atoms with Crippen molar-refractivity contribution in [2.24, 2.45) is 0 Å². The molecule has 3 aromatic rings. The Labute approximate surface area is 200 Å². The average molecular weight is 485 g/mol. The number of nitrogens with zero attached hydrogens (tertiary/aromatic N) is 7. The Morgan fingerprint density at radius 2 is 1.94 bits per heavy atom. The minimum Gasteiger partial charge on any atom is -0.470 e. The van der Waals surface area contributed by atoms with E-state index in [0.717, 1.165) is 6.42 Å². The fraction of sp³-hybridized carbons (Fsp3) is 0.435. The number of rotatable bonds is 7. The van der Waals surface area contributed by atoms with Crippen LogP contribution in [0.15, 0.2) is 36.4 Å². The molecule has 2 fully saturated rings. The SMILES string of the molecule is Cc1nnn(-c2ccc(C(F)F)cc2)c1COc1ccc(N2CCN(C3CCOC3)C(=O)C2)nn1. The highest BCUT2D eigenvalue weighted by molar-refractivity contribution is 5.82. The molecular formula is C23H25F2N7O3. The van der Waals surface area contributed by atoms with Gasteiger partial charge in [0.15, 0.2) is 5.82 Å². The smallest absolute Gasteiger partial charge is 0.263 e. The molecule has 1 amide bonds. The molecule has 0 saturated carbocycles. The maximum atomic E-state index is 12.8. The van der Waals surface area contributed by atoms with E-state index in [2.05, 4.69) is 20.5 Å². The Morgan fingerprint density at radius 3 is 2.60 bits per heavy atom. The second-order valence-corrected chi connectivity index (χ2v) is 8.47. The van der Waals surface area contributed by atoms with E-state index in [9.17, 15) is 13.6 Å². The summed E-state index contributed by atoms with van der Waals surface area (Å²) in [6, 6.07) is 9.49. The molecule has 5 rings (SSSR count). The van der Waals surface area contributed by atoms with Gasteiger partial charge in [-0.3, -0.25) is 4.79 Å². The highest BCUT2D eigenvalue weighted by Crippen LogP contribution is 2.23. The first kappa shape index (κ1) is 23.1. The molecule has 184 valence electrons. The second kappa shape index (κ2) is 9.90. The number of alkyl halides is 2. The summed E-state index contributed by atoms with van der Waals surface area (Å²) in [5, 5.41) is 16.6. The van der Waals surface area contributed by atoms with Crippen LogP contribution in [-0.4, -0.2) is 74.9 Å². The van der Waals surface area contributed by atoms with Crippen LogP contribution >= 0.6 is 0 Å². The van der Waals surface area contributed by atoms with Crippen LogP contribution in [0.1, 0.15) is 29.8 Å². The molecule has 1 aromatic carbocycles. The average Bonchev–Trinajstić information content (AvgIpc) is 3.53. The van der Waals surface area contributed by atoms with Crippen LogP contribution in [0, 0.1) is 6.92 Å². The summed E-state index contributed by atoms with van der Waals surface area (Å²) in [5.41, 5.74) is 1.85. The normalized spacial score (nSPS) is 18.5. The first-order chi connectivity index (χ1) is 17.0. The first-order valence-electron chi connectivity index (χ1n) is 11.4. The van der Waals surface area contributed by atoms with E-state index >= 15 is 0 Å². The van der Waals surface area contributed by atoms with Gasteiger partial charge in [-0.2, -0.15) is 0 Å². The van der Waals surface area contributed by atoms with Crippen LogP contribution in [-0.2, 0) is 16.1 Å². The summed E-state index contributed by atoms with van der Waals surface area (Å²) in [6.45, 7) is 4.76. The molecule has 2 aliphatic heterocycles. The summed E-state index contributed by atoms with van der Waals surface area (Å²) in [5.74, 6) is 0.976. The molecule has 0 N–H and O–H groups in total. The van der Waals surface area contributed by atoms with Gasteiger partial charge in [0.2, 0.25) is 11.8 Å². The number of aryl methyl sites for hydroxylation is 1. The van der Waals surface area contributed by atoms with Gasteiger partial charge in [0.1, 0.15) is 12.3 Å². The van der Waals surface area contributed by atoms with E-state index in [1.165, 1.54) is 12.1 Å². The zero-order chi connectivity index (χ0) is 24.4. The van der Waals surface area contributed by atoms with Crippen molar-refractivity contribution in [3.63, 3.8) is 0 Å². The lowest BCUT2D eigenvalue weighted by molar-refractivity contribution is -0.133. The molecule has 1 unspecified atom stereocenters. The van der Waals surface area contributed by atoms with Gasteiger partial charge in [-0.05, 0) is 31.5 Å². The van der Waals surface area contributed by atoms with Gasteiger partial charge in [-0.15, -0.1) is 15.3 Å². The maximum Gasteiger partial charge on any atom is 0.263 e. The Balaban J connectivity index is 1.21. The molecule has 1 atom stereocenters. The number of carbonyl (C=O) groups is 1. The molecular weight excluding hydrogens is 460 g/mol. The Morgan fingerprint density at radius 1 is 1.11 bits per heavy atom. The van der Waals surface area contributed by atoms with Crippen molar-refractivity contribution in [1.29, 1.82) is 0 Å². The van der Waals surface area contributed by atoms with E-state index in [-0.39, 0.29) is 30.7 Å². The van der Waals surface area contributed by atoms with Crippen LogP contribution in [0.2, 0.25) is 0 Å². The highest BCUT2D eigenvalue weighted by atomic mass is 19.3. The number of hydrogen-bond donors (Lipinski definition) is 0. The third kappa shape index (κ3) is 4.92. The largest absolute Gasteiger partial charge is 0.470 e. The maximum absolute atomic E-state index is 12.8. The van der Waals surface area contributed by atoms with Gasteiger partial charge in [0.05, 0.1) is 30.6 Å². The van der Waals surface area contributed by atoms with Crippen molar-refractivity contribution in [2.75, 3.05) is 37.7 Å². The number of anilines is 1. The number of amides is 1. The molecule has 10 nitrogen and oxygen atoms in total. The van der Waals surface area contributed by atoms with E-state index in [1.807, 2.05) is 9.80 Å². The van der Waals surface area contributed by atoms with Gasteiger partial charge in [-0.25, -0.2) is 13.5 Å². The molecule has 0 spiro atoms. The Bertz CT molecular complexity index is 1160.